The van der Waals surface area contributed by atoms with Crippen LogP contribution < -0.4 is 0 Å². The SMILES string of the molecule is Clc1ccc(C2C=CCC2)cc1. The summed E-state index contributed by atoms with van der Waals surface area (Å²) in [6.45, 7) is 0. The third-order valence-corrected chi connectivity index (χ3v) is 2.56. The van der Waals surface area contributed by atoms with Crippen molar-refractivity contribution in [2.45, 2.75) is 18.8 Å². The summed E-state index contributed by atoms with van der Waals surface area (Å²) in [5.41, 5.74) is 1.38. The Kier molecular flexibility index (Phi) is 2.18. The zero-order chi connectivity index (χ0) is 8.39. The fourth-order valence-corrected chi connectivity index (χ4v) is 1.75. The summed E-state index contributed by atoms with van der Waals surface area (Å²) in [5, 5.41) is 0.820. The van der Waals surface area contributed by atoms with Crippen molar-refractivity contribution in [3.63, 3.8) is 0 Å². The van der Waals surface area contributed by atoms with Crippen LogP contribution in [0.5, 0.6) is 0 Å². The van der Waals surface area contributed by atoms with Crippen molar-refractivity contribution in [3.8, 4) is 0 Å². The minimum atomic E-state index is 0.627. The summed E-state index contributed by atoms with van der Waals surface area (Å²) in [7, 11) is 0. The molecule has 0 spiro atoms. The van der Waals surface area contributed by atoms with Crippen molar-refractivity contribution in [3.05, 3.63) is 47.0 Å². The average molecular weight is 179 g/mol. The molecule has 62 valence electrons. The van der Waals surface area contributed by atoms with Gasteiger partial charge in [-0.3, -0.25) is 0 Å². The van der Waals surface area contributed by atoms with E-state index in [0.29, 0.717) is 5.92 Å². The van der Waals surface area contributed by atoms with Crippen LogP contribution in [-0.2, 0) is 0 Å². The molecule has 0 amide bonds. The average Bonchev–Trinajstić information content (AvgIpc) is 2.58. The molecule has 1 aromatic rings. The lowest BCUT2D eigenvalue weighted by Gasteiger charge is -2.06. The van der Waals surface area contributed by atoms with Gasteiger partial charge in [0.25, 0.3) is 0 Å². The smallest absolute Gasteiger partial charge is 0.0406 e. The highest BCUT2D eigenvalue weighted by molar-refractivity contribution is 6.30. The van der Waals surface area contributed by atoms with Crippen molar-refractivity contribution in [1.82, 2.24) is 0 Å². The van der Waals surface area contributed by atoms with Crippen molar-refractivity contribution >= 4 is 11.6 Å². The summed E-state index contributed by atoms with van der Waals surface area (Å²) >= 11 is 5.80. The standard InChI is InChI=1S/C11H11Cl/c12-11-7-5-10(6-8-11)9-3-1-2-4-9/h1,3,5-9H,2,4H2. The van der Waals surface area contributed by atoms with Gasteiger partial charge in [0.05, 0.1) is 0 Å². The zero-order valence-corrected chi connectivity index (χ0v) is 7.59. The van der Waals surface area contributed by atoms with E-state index in [1.165, 1.54) is 18.4 Å². The molecule has 0 aromatic heterocycles. The first-order valence-electron chi connectivity index (χ1n) is 4.28. The number of hydrogen-bond acceptors (Lipinski definition) is 0. The van der Waals surface area contributed by atoms with E-state index in [4.69, 9.17) is 11.6 Å². The van der Waals surface area contributed by atoms with Gasteiger partial charge in [-0.15, -0.1) is 0 Å². The summed E-state index contributed by atoms with van der Waals surface area (Å²) < 4.78 is 0. The van der Waals surface area contributed by atoms with E-state index in [9.17, 15) is 0 Å². The third kappa shape index (κ3) is 1.54. The molecule has 0 aliphatic heterocycles. The molecule has 12 heavy (non-hydrogen) atoms. The quantitative estimate of drug-likeness (QED) is 0.575. The van der Waals surface area contributed by atoms with Gasteiger partial charge in [-0.05, 0) is 30.5 Å². The number of halogens is 1. The van der Waals surface area contributed by atoms with Crippen LogP contribution in [0.15, 0.2) is 36.4 Å². The lowest BCUT2D eigenvalue weighted by molar-refractivity contribution is 0.801. The van der Waals surface area contributed by atoms with Crippen molar-refractivity contribution in [2.24, 2.45) is 0 Å². The Morgan fingerprint density at radius 2 is 1.92 bits per heavy atom. The number of benzene rings is 1. The van der Waals surface area contributed by atoms with Gasteiger partial charge in [0.2, 0.25) is 0 Å². The molecule has 1 heteroatoms. The maximum absolute atomic E-state index is 5.80. The first-order valence-corrected chi connectivity index (χ1v) is 4.66. The van der Waals surface area contributed by atoms with Gasteiger partial charge in [0, 0.05) is 10.9 Å². The van der Waals surface area contributed by atoms with Gasteiger partial charge in [-0.2, -0.15) is 0 Å². The van der Waals surface area contributed by atoms with Crippen molar-refractivity contribution in [2.75, 3.05) is 0 Å². The third-order valence-electron chi connectivity index (χ3n) is 2.31. The molecule has 0 bridgehead atoms. The molecule has 0 heterocycles. The Morgan fingerprint density at radius 1 is 1.17 bits per heavy atom. The Morgan fingerprint density at radius 3 is 2.50 bits per heavy atom. The van der Waals surface area contributed by atoms with Crippen LogP contribution >= 0.6 is 11.6 Å². The first-order chi connectivity index (χ1) is 5.86. The van der Waals surface area contributed by atoms with Crippen LogP contribution in [0.2, 0.25) is 5.02 Å². The zero-order valence-electron chi connectivity index (χ0n) is 6.83. The fraction of sp³-hybridized carbons (Fsp3) is 0.273. The summed E-state index contributed by atoms with van der Waals surface area (Å²) in [4.78, 5) is 0. The molecule has 2 rings (SSSR count). The van der Waals surface area contributed by atoms with Gasteiger partial charge < -0.3 is 0 Å². The van der Waals surface area contributed by atoms with Crippen LogP contribution in [0.3, 0.4) is 0 Å². The maximum atomic E-state index is 5.80. The Hall–Kier alpha value is -0.750. The summed E-state index contributed by atoms with van der Waals surface area (Å²) in [6.07, 6.45) is 7.00. The Labute approximate surface area is 77.9 Å². The van der Waals surface area contributed by atoms with Crippen molar-refractivity contribution < 1.29 is 0 Å². The van der Waals surface area contributed by atoms with E-state index < -0.39 is 0 Å². The van der Waals surface area contributed by atoms with Crippen molar-refractivity contribution in [1.29, 1.82) is 0 Å². The molecule has 0 saturated carbocycles. The van der Waals surface area contributed by atoms with Gasteiger partial charge >= 0.3 is 0 Å². The summed E-state index contributed by atoms with van der Waals surface area (Å²) in [6, 6.07) is 8.15. The second kappa shape index (κ2) is 3.32. The molecular weight excluding hydrogens is 168 g/mol. The Bertz CT molecular complexity index is 284. The predicted molar refractivity (Wildman–Crippen MR) is 52.6 cm³/mol. The molecule has 1 aromatic carbocycles. The lowest BCUT2D eigenvalue weighted by Crippen LogP contribution is -1.89. The van der Waals surface area contributed by atoms with Crippen LogP contribution in [0, 0.1) is 0 Å². The number of rotatable bonds is 1. The van der Waals surface area contributed by atoms with Gasteiger partial charge in [0.1, 0.15) is 0 Å². The maximum Gasteiger partial charge on any atom is 0.0406 e. The topological polar surface area (TPSA) is 0 Å². The fourth-order valence-electron chi connectivity index (χ4n) is 1.62. The number of hydrogen-bond donors (Lipinski definition) is 0. The normalized spacial score (nSPS) is 21.6. The minimum Gasteiger partial charge on any atom is -0.0879 e. The molecule has 0 nitrogen and oxygen atoms in total. The molecule has 0 N–H and O–H groups in total. The molecule has 1 aliphatic rings. The Balaban J connectivity index is 2.23. The predicted octanol–water partition coefficient (Wildman–Crippen LogP) is 3.77. The largest absolute Gasteiger partial charge is 0.0879 e. The summed E-state index contributed by atoms with van der Waals surface area (Å²) in [5.74, 6) is 0.627. The van der Waals surface area contributed by atoms with Gasteiger partial charge in [0.15, 0.2) is 0 Å². The highest BCUT2D eigenvalue weighted by Gasteiger charge is 2.10. The van der Waals surface area contributed by atoms with E-state index in [1.807, 2.05) is 12.1 Å². The van der Waals surface area contributed by atoms with Gasteiger partial charge in [-0.1, -0.05) is 35.9 Å². The molecule has 1 atom stereocenters. The number of allylic oxidation sites excluding steroid dienone is 2. The van der Waals surface area contributed by atoms with Crippen LogP contribution in [0.25, 0.3) is 0 Å². The first kappa shape index (κ1) is 7.88. The van der Waals surface area contributed by atoms with E-state index >= 15 is 0 Å². The molecule has 1 aliphatic carbocycles. The van der Waals surface area contributed by atoms with Crippen LogP contribution in [0.4, 0.5) is 0 Å². The molecular formula is C11H11Cl. The van der Waals surface area contributed by atoms with E-state index in [1.54, 1.807) is 0 Å². The van der Waals surface area contributed by atoms with E-state index in [0.717, 1.165) is 5.02 Å². The second-order valence-corrected chi connectivity index (χ2v) is 3.60. The molecule has 0 fully saturated rings. The molecule has 1 unspecified atom stereocenters. The van der Waals surface area contributed by atoms with E-state index in [2.05, 4.69) is 24.3 Å². The lowest BCUT2D eigenvalue weighted by atomic mass is 9.99. The highest BCUT2D eigenvalue weighted by atomic mass is 35.5. The van der Waals surface area contributed by atoms with Crippen LogP contribution in [0.1, 0.15) is 24.3 Å². The van der Waals surface area contributed by atoms with Gasteiger partial charge in [-0.25, -0.2) is 0 Å². The second-order valence-electron chi connectivity index (χ2n) is 3.16. The van der Waals surface area contributed by atoms with E-state index in [-0.39, 0.29) is 0 Å². The van der Waals surface area contributed by atoms with Crippen LogP contribution in [-0.4, -0.2) is 0 Å². The molecule has 0 radical (unpaired) electrons. The molecule has 0 saturated heterocycles. The minimum absolute atomic E-state index is 0.627. The monoisotopic (exact) mass is 178 g/mol. The highest BCUT2D eigenvalue weighted by Crippen LogP contribution is 2.28.